The molecule has 3 rings (SSSR count). The van der Waals surface area contributed by atoms with Crippen LogP contribution in [0.5, 0.6) is 11.5 Å². The monoisotopic (exact) mass is 379 g/mol. The number of hydrogen-bond donors (Lipinski definition) is 0. The van der Waals surface area contributed by atoms with E-state index in [1.54, 1.807) is 31.2 Å². The fourth-order valence-corrected chi connectivity index (χ4v) is 4.25. The van der Waals surface area contributed by atoms with Gasteiger partial charge in [0.15, 0.2) is 11.5 Å². The molecule has 1 amide bonds. The van der Waals surface area contributed by atoms with Crippen molar-refractivity contribution < 1.29 is 23.0 Å². The highest BCUT2D eigenvalue weighted by molar-refractivity contribution is 5.92. The summed E-state index contributed by atoms with van der Waals surface area (Å²) in [6.45, 7) is 0.0163. The van der Waals surface area contributed by atoms with E-state index >= 15 is 0 Å². The molecule has 1 saturated carbocycles. The van der Waals surface area contributed by atoms with E-state index in [1.165, 1.54) is 31.7 Å². The quantitative estimate of drug-likeness (QED) is 0.661. The highest BCUT2D eigenvalue weighted by Gasteiger charge is 2.34. The van der Waals surface area contributed by atoms with Gasteiger partial charge in [-0.05, 0) is 62.3 Å². The molecule has 0 aromatic heterocycles. The number of hydrogen-bond acceptors (Lipinski definition) is 3. The zero-order valence-electron chi connectivity index (χ0n) is 15.7. The number of alkyl halides is 2. The van der Waals surface area contributed by atoms with Gasteiger partial charge in [-0.3, -0.25) is 4.79 Å². The van der Waals surface area contributed by atoms with Crippen LogP contribution in [0.2, 0.25) is 0 Å². The number of likely N-dealkylation sites (tertiary alicyclic amines) is 1. The summed E-state index contributed by atoms with van der Waals surface area (Å²) < 4.78 is 34.9. The van der Waals surface area contributed by atoms with Crippen LogP contribution in [-0.4, -0.2) is 36.6 Å². The lowest BCUT2D eigenvalue weighted by atomic mass is 9.78. The number of amides is 1. The highest BCUT2D eigenvalue weighted by Crippen LogP contribution is 2.35. The molecule has 1 aromatic rings. The van der Waals surface area contributed by atoms with Crippen LogP contribution in [0.1, 0.15) is 51.0 Å². The zero-order chi connectivity index (χ0) is 19.2. The Labute approximate surface area is 159 Å². The van der Waals surface area contributed by atoms with Crippen LogP contribution in [0, 0.1) is 5.92 Å². The number of piperidine rings is 1. The van der Waals surface area contributed by atoms with Gasteiger partial charge in [-0.2, -0.15) is 8.78 Å². The van der Waals surface area contributed by atoms with Crippen LogP contribution in [0.15, 0.2) is 24.3 Å². The number of rotatable bonds is 6. The molecule has 0 N–H and O–H groups in total. The minimum atomic E-state index is -2.91. The van der Waals surface area contributed by atoms with Gasteiger partial charge in [-0.25, -0.2) is 0 Å². The van der Waals surface area contributed by atoms with Crippen molar-refractivity contribution in [1.82, 2.24) is 4.90 Å². The minimum Gasteiger partial charge on any atom is -0.490 e. The predicted octanol–water partition coefficient (Wildman–Crippen LogP) is 4.88. The Kier molecular flexibility index (Phi) is 6.69. The number of nitrogens with zero attached hydrogens (tertiary/aromatic N) is 1. The Morgan fingerprint density at radius 1 is 1.22 bits per heavy atom. The Balaban J connectivity index is 1.70. The Hall–Kier alpha value is -2.11. The van der Waals surface area contributed by atoms with Crippen LogP contribution < -0.4 is 9.47 Å². The average molecular weight is 379 g/mol. The van der Waals surface area contributed by atoms with E-state index < -0.39 is 6.61 Å². The van der Waals surface area contributed by atoms with Gasteiger partial charge in [-0.15, -0.1) is 0 Å². The Morgan fingerprint density at radius 3 is 2.78 bits per heavy atom. The molecule has 1 heterocycles. The first-order chi connectivity index (χ1) is 13.1. The van der Waals surface area contributed by atoms with Crippen molar-refractivity contribution >= 4 is 12.0 Å². The van der Waals surface area contributed by atoms with Crippen molar-refractivity contribution in [3.8, 4) is 11.5 Å². The molecule has 0 spiro atoms. The number of ether oxygens (including phenoxy) is 2. The van der Waals surface area contributed by atoms with Crippen LogP contribution in [0.3, 0.4) is 0 Å². The van der Waals surface area contributed by atoms with Gasteiger partial charge in [-0.1, -0.05) is 18.9 Å². The first-order valence-corrected chi connectivity index (χ1v) is 9.79. The predicted molar refractivity (Wildman–Crippen MR) is 100.0 cm³/mol. The van der Waals surface area contributed by atoms with Crippen molar-refractivity contribution in [1.29, 1.82) is 0 Å². The van der Waals surface area contributed by atoms with Gasteiger partial charge in [0.05, 0.1) is 6.61 Å². The smallest absolute Gasteiger partial charge is 0.387 e. The van der Waals surface area contributed by atoms with Gasteiger partial charge in [0, 0.05) is 18.7 Å². The number of halogens is 2. The molecular weight excluding hydrogens is 352 g/mol. The maximum atomic E-state index is 12.7. The van der Waals surface area contributed by atoms with E-state index in [0.717, 1.165) is 19.4 Å². The summed E-state index contributed by atoms with van der Waals surface area (Å²) >= 11 is 0. The Morgan fingerprint density at radius 2 is 2.00 bits per heavy atom. The standard InChI is InChI=1S/C21H27F2NO3/c1-2-26-19-14-15(9-11-18(19)27-21(22)23)10-12-20(25)24-13-5-7-16-6-3-4-8-17(16)24/h9-12,14,16-17,21H,2-8,13H2,1H3. The van der Waals surface area contributed by atoms with Gasteiger partial charge < -0.3 is 14.4 Å². The molecule has 1 saturated heterocycles. The van der Waals surface area contributed by atoms with Crippen molar-refractivity contribution in [3.05, 3.63) is 29.8 Å². The lowest BCUT2D eigenvalue weighted by Gasteiger charge is -2.43. The summed E-state index contributed by atoms with van der Waals surface area (Å²) in [5.41, 5.74) is 0.714. The average Bonchev–Trinajstić information content (AvgIpc) is 2.67. The largest absolute Gasteiger partial charge is 0.490 e. The molecule has 1 aromatic carbocycles. The van der Waals surface area contributed by atoms with E-state index in [1.807, 2.05) is 4.90 Å². The lowest BCUT2D eigenvalue weighted by Crippen LogP contribution is -2.49. The molecule has 0 bridgehead atoms. The number of carbonyl (C=O) groups is 1. The summed E-state index contributed by atoms with van der Waals surface area (Å²) in [5.74, 6) is 0.909. The summed E-state index contributed by atoms with van der Waals surface area (Å²) in [6.07, 6.45) is 10.4. The molecule has 6 heteroatoms. The molecule has 2 fully saturated rings. The maximum Gasteiger partial charge on any atom is 0.387 e. The maximum absolute atomic E-state index is 12.7. The highest BCUT2D eigenvalue weighted by atomic mass is 19.3. The summed E-state index contributed by atoms with van der Waals surface area (Å²) in [6, 6.07) is 5.07. The Bertz CT molecular complexity index is 675. The summed E-state index contributed by atoms with van der Waals surface area (Å²) in [4.78, 5) is 14.7. The molecule has 1 aliphatic heterocycles. The van der Waals surface area contributed by atoms with Crippen molar-refractivity contribution in [2.75, 3.05) is 13.2 Å². The molecule has 27 heavy (non-hydrogen) atoms. The molecule has 2 atom stereocenters. The van der Waals surface area contributed by atoms with E-state index in [9.17, 15) is 13.6 Å². The second kappa shape index (κ2) is 9.20. The van der Waals surface area contributed by atoms with Crippen LogP contribution in [-0.2, 0) is 4.79 Å². The van der Waals surface area contributed by atoms with Gasteiger partial charge in [0.1, 0.15) is 0 Å². The third-order valence-corrected chi connectivity index (χ3v) is 5.43. The first-order valence-electron chi connectivity index (χ1n) is 9.79. The third kappa shape index (κ3) is 4.99. The fourth-order valence-electron chi connectivity index (χ4n) is 4.25. The molecule has 1 aliphatic carbocycles. The molecule has 2 aliphatic rings. The first kappa shape index (κ1) is 19.6. The normalized spacial score (nSPS) is 22.7. The van der Waals surface area contributed by atoms with E-state index in [0.29, 0.717) is 24.1 Å². The van der Waals surface area contributed by atoms with Gasteiger partial charge in [0.25, 0.3) is 0 Å². The summed E-state index contributed by atoms with van der Waals surface area (Å²) in [5, 5.41) is 0. The van der Waals surface area contributed by atoms with Crippen molar-refractivity contribution in [3.63, 3.8) is 0 Å². The van der Waals surface area contributed by atoms with Crippen LogP contribution in [0.4, 0.5) is 8.78 Å². The number of benzene rings is 1. The van der Waals surface area contributed by atoms with E-state index in [-0.39, 0.29) is 17.4 Å². The minimum absolute atomic E-state index is 0.00333. The van der Waals surface area contributed by atoms with Gasteiger partial charge in [0.2, 0.25) is 5.91 Å². The van der Waals surface area contributed by atoms with Crippen LogP contribution in [0.25, 0.3) is 6.08 Å². The second-order valence-electron chi connectivity index (χ2n) is 7.14. The van der Waals surface area contributed by atoms with Crippen molar-refractivity contribution in [2.45, 2.75) is 58.1 Å². The molecule has 4 nitrogen and oxygen atoms in total. The zero-order valence-corrected chi connectivity index (χ0v) is 15.7. The molecule has 0 radical (unpaired) electrons. The third-order valence-electron chi connectivity index (χ3n) is 5.43. The SMILES string of the molecule is CCOc1cc(C=CC(=O)N2CCCC3CCCCC32)ccc1OC(F)F. The van der Waals surface area contributed by atoms with Crippen molar-refractivity contribution in [2.24, 2.45) is 5.92 Å². The fraction of sp³-hybridized carbons (Fsp3) is 0.571. The number of fused-ring (bicyclic) bond motifs is 1. The molecule has 2 unspecified atom stereocenters. The van der Waals surface area contributed by atoms with E-state index in [4.69, 9.17) is 4.74 Å². The second-order valence-corrected chi connectivity index (χ2v) is 7.14. The van der Waals surface area contributed by atoms with E-state index in [2.05, 4.69) is 4.74 Å². The van der Waals surface area contributed by atoms with Crippen LogP contribution >= 0.6 is 0 Å². The molecular formula is C21H27F2NO3. The summed E-state index contributed by atoms with van der Waals surface area (Å²) in [7, 11) is 0. The number of carbonyl (C=O) groups excluding carboxylic acids is 1. The topological polar surface area (TPSA) is 38.8 Å². The lowest BCUT2D eigenvalue weighted by molar-refractivity contribution is -0.132. The van der Waals surface area contributed by atoms with Gasteiger partial charge >= 0.3 is 6.61 Å². The molecule has 148 valence electrons.